The zero-order chi connectivity index (χ0) is 13.9. The van der Waals surface area contributed by atoms with Crippen LogP contribution in [-0.2, 0) is 6.54 Å². The average Bonchev–Trinajstić information content (AvgIpc) is 2.42. The molecule has 1 aliphatic heterocycles. The van der Waals surface area contributed by atoms with E-state index in [0.29, 0.717) is 6.04 Å². The third-order valence-corrected chi connectivity index (χ3v) is 4.56. The van der Waals surface area contributed by atoms with Crippen LogP contribution in [0.4, 0.5) is 0 Å². The summed E-state index contributed by atoms with van der Waals surface area (Å²) in [4.78, 5) is 7.16. The zero-order valence-corrected chi connectivity index (χ0v) is 12.7. The first-order chi connectivity index (χ1) is 9.08. The lowest BCUT2D eigenvalue weighted by Gasteiger charge is -2.46. The molecule has 2 unspecified atom stereocenters. The van der Waals surface area contributed by atoms with Crippen LogP contribution in [-0.4, -0.2) is 34.6 Å². The van der Waals surface area contributed by atoms with E-state index in [9.17, 15) is 0 Å². The van der Waals surface area contributed by atoms with Gasteiger partial charge in [0.1, 0.15) is 0 Å². The van der Waals surface area contributed by atoms with Gasteiger partial charge >= 0.3 is 0 Å². The molecule has 106 valence electrons. The Kier molecular flexibility index (Phi) is 4.58. The average molecular weight is 261 g/mol. The van der Waals surface area contributed by atoms with Crippen molar-refractivity contribution in [2.45, 2.75) is 58.7 Å². The van der Waals surface area contributed by atoms with Crippen LogP contribution in [0.2, 0.25) is 0 Å². The van der Waals surface area contributed by atoms with E-state index in [2.05, 4.69) is 49.0 Å². The largest absolute Gasteiger partial charge is 0.309 e. The fourth-order valence-electron chi connectivity index (χ4n) is 2.83. The predicted molar refractivity (Wildman–Crippen MR) is 80.2 cm³/mol. The number of piperazine rings is 1. The second-order valence-electron chi connectivity index (χ2n) is 6.03. The molecule has 0 radical (unpaired) electrons. The Balaban J connectivity index is 2.13. The lowest BCUT2D eigenvalue weighted by molar-refractivity contribution is 0.0742. The normalized spacial score (nSPS) is 28.5. The van der Waals surface area contributed by atoms with Crippen LogP contribution >= 0.6 is 0 Å². The Morgan fingerprint density at radius 2 is 2.26 bits per heavy atom. The van der Waals surface area contributed by atoms with Crippen LogP contribution in [0.25, 0.3) is 0 Å². The smallest absolute Gasteiger partial charge is 0.0573 e. The van der Waals surface area contributed by atoms with Gasteiger partial charge in [-0.2, -0.15) is 0 Å². The minimum Gasteiger partial charge on any atom is -0.309 e. The van der Waals surface area contributed by atoms with Crippen molar-refractivity contribution >= 4 is 0 Å². The number of aryl methyl sites for hydroxylation is 1. The highest BCUT2D eigenvalue weighted by Crippen LogP contribution is 2.22. The van der Waals surface area contributed by atoms with Crippen molar-refractivity contribution < 1.29 is 0 Å². The van der Waals surface area contributed by atoms with Gasteiger partial charge in [-0.1, -0.05) is 19.9 Å². The highest BCUT2D eigenvalue weighted by atomic mass is 15.3. The number of rotatable bonds is 4. The molecule has 3 nitrogen and oxygen atoms in total. The molecular weight excluding hydrogens is 234 g/mol. The summed E-state index contributed by atoms with van der Waals surface area (Å²) in [6.45, 7) is 12.2. The van der Waals surface area contributed by atoms with Gasteiger partial charge in [-0.05, 0) is 38.3 Å². The van der Waals surface area contributed by atoms with Crippen molar-refractivity contribution in [2.24, 2.45) is 0 Å². The Morgan fingerprint density at radius 1 is 1.47 bits per heavy atom. The van der Waals surface area contributed by atoms with Crippen molar-refractivity contribution in [3.8, 4) is 0 Å². The summed E-state index contributed by atoms with van der Waals surface area (Å²) in [5.74, 6) is 0. The molecule has 1 aliphatic rings. The predicted octanol–water partition coefficient (Wildman–Crippen LogP) is 2.74. The van der Waals surface area contributed by atoms with Gasteiger partial charge in [0, 0.05) is 37.4 Å². The second kappa shape index (κ2) is 6.02. The van der Waals surface area contributed by atoms with Crippen LogP contribution < -0.4 is 5.32 Å². The number of aromatic nitrogens is 1. The van der Waals surface area contributed by atoms with Crippen LogP contribution in [0.1, 0.15) is 44.9 Å². The molecular formula is C16H27N3. The van der Waals surface area contributed by atoms with Crippen molar-refractivity contribution in [2.75, 3.05) is 13.1 Å². The number of nitrogens with one attached hydrogen (secondary N) is 1. The van der Waals surface area contributed by atoms with E-state index in [4.69, 9.17) is 0 Å². The van der Waals surface area contributed by atoms with E-state index in [1.807, 2.05) is 12.3 Å². The van der Waals surface area contributed by atoms with Gasteiger partial charge < -0.3 is 5.32 Å². The first-order valence-corrected chi connectivity index (χ1v) is 7.47. The summed E-state index contributed by atoms with van der Waals surface area (Å²) in [5, 5.41) is 3.71. The lowest BCUT2D eigenvalue weighted by Crippen LogP contribution is -2.62. The van der Waals surface area contributed by atoms with Crippen molar-refractivity contribution in [1.29, 1.82) is 0 Å². The van der Waals surface area contributed by atoms with Gasteiger partial charge in [0.25, 0.3) is 0 Å². The zero-order valence-electron chi connectivity index (χ0n) is 12.7. The van der Waals surface area contributed by atoms with Crippen molar-refractivity contribution in [3.63, 3.8) is 0 Å². The molecule has 0 aromatic carbocycles. The number of nitrogens with zero attached hydrogens (tertiary/aromatic N) is 2. The Labute approximate surface area is 117 Å². The van der Waals surface area contributed by atoms with E-state index in [1.165, 1.54) is 24.1 Å². The van der Waals surface area contributed by atoms with Gasteiger partial charge in [0.2, 0.25) is 0 Å². The van der Waals surface area contributed by atoms with Gasteiger partial charge in [-0.25, -0.2) is 0 Å². The van der Waals surface area contributed by atoms with E-state index in [1.54, 1.807) is 0 Å². The number of hydrogen-bond acceptors (Lipinski definition) is 3. The van der Waals surface area contributed by atoms with E-state index >= 15 is 0 Å². The van der Waals surface area contributed by atoms with Gasteiger partial charge in [-0.15, -0.1) is 0 Å². The minimum atomic E-state index is 0.244. The lowest BCUT2D eigenvalue weighted by atomic mass is 9.92. The standard InChI is InChI=1S/C16H27N3/c1-5-14-10-18-16(4,6-2)12-19(14)11-15-13(3)8-7-9-17-15/h7-9,14,18H,5-6,10-12H2,1-4H3. The van der Waals surface area contributed by atoms with E-state index in [-0.39, 0.29) is 5.54 Å². The molecule has 1 aromatic rings. The molecule has 0 aliphatic carbocycles. The maximum atomic E-state index is 4.55. The highest BCUT2D eigenvalue weighted by molar-refractivity contribution is 5.18. The van der Waals surface area contributed by atoms with Gasteiger partial charge in [0.05, 0.1) is 5.69 Å². The summed E-state index contributed by atoms with van der Waals surface area (Å²) in [6, 6.07) is 4.80. The van der Waals surface area contributed by atoms with Crippen molar-refractivity contribution in [3.05, 3.63) is 29.6 Å². The molecule has 2 atom stereocenters. The Bertz CT molecular complexity index is 418. The van der Waals surface area contributed by atoms with Gasteiger partial charge in [-0.3, -0.25) is 9.88 Å². The van der Waals surface area contributed by atoms with Crippen LogP contribution in [0.5, 0.6) is 0 Å². The van der Waals surface area contributed by atoms with Crippen LogP contribution in [0.15, 0.2) is 18.3 Å². The number of pyridine rings is 1. The van der Waals surface area contributed by atoms with Crippen LogP contribution in [0.3, 0.4) is 0 Å². The molecule has 0 bridgehead atoms. The summed E-state index contributed by atoms with van der Waals surface area (Å²) >= 11 is 0. The molecule has 19 heavy (non-hydrogen) atoms. The molecule has 0 amide bonds. The second-order valence-corrected chi connectivity index (χ2v) is 6.03. The van der Waals surface area contributed by atoms with Crippen LogP contribution in [0, 0.1) is 6.92 Å². The highest BCUT2D eigenvalue weighted by Gasteiger charge is 2.33. The first kappa shape index (κ1) is 14.5. The van der Waals surface area contributed by atoms with E-state index in [0.717, 1.165) is 19.6 Å². The maximum absolute atomic E-state index is 4.55. The monoisotopic (exact) mass is 261 g/mol. The fourth-order valence-corrected chi connectivity index (χ4v) is 2.83. The topological polar surface area (TPSA) is 28.2 Å². The third-order valence-electron chi connectivity index (χ3n) is 4.56. The molecule has 0 saturated carbocycles. The molecule has 2 rings (SSSR count). The van der Waals surface area contributed by atoms with Crippen molar-refractivity contribution in [1.82, 2.24) is 15.2 Å². The Morgan fingerprint density at radius 3 is 2.89 bits per heavy atom. The third kappa shape index (κ3) is 3.34. The molecule has 3 heteroatoms. The van der Waals surface area contributed by atoms with E-state index < -0.39 is 0 Å². The van der Waals surface area contributed by atoms with Gasteiger partial charge in [0.15, 0.2) is 0 Å². The molecule has 0 spiro atoms. The molecule has 1 saturated heterocycles. The fraction of sp³-hybridized carbons (Fsp3) is 0.688. The summed E-state index contributed by atoms with van der Waals surface area (Å²) in [6.07, 6.45) is 4.27. The summed E-state index contributed by atoms with van der Waals surface area (Å²) in [7, 11) is 0. The molecule has 2 heterocycles. The first-order valence-electron chi connectivity index (χ1n) is 7.47. The molecule has 1 fully saturated rings. The quantitative estimate of drug-likeness (QED) is 0.903. The molecule has 1 aromatic heterocycles. The molecule has 1 N–H and O–H groups in total. The Hall–Kier alpha value is -0.930. The SMILES string of the molecule is CCC1CNC(C)(CC)CN1Cc1ncccc1C. The summed E-state index contributed by atoms with van der Waals surface area (Å²) < 4.78 is 0. The maximum Gasteiger partial charge on any atom is 0.0573 e. The summed E-state index contributed by atoms with van der Waals surface area (Å²) in [5.41, 5.74) is 2.77. The number of hydrogen-bond donors (Lipinski definition) is 1. The minimum absolute atomic E-state index is 0.244.